The van der Waals surface area contributed by atoms with E-state index in [9.17, 15) is 13.2 Å². The van der Waals surface area contributed by atoms with Crippen molar-refractivity contribution in [3.05, 3.63) is 29.8 Å². The third-order valence-electron chi connectivity index (χ3n) is 4.72. The molecule has 1 atom stereocenters. The minimum atomic E-state index is -3.37. The average molecular weight is 351 g/mol. The summed E-state index contributed by atoms with van der Waals surface area (Å²) >= 11 is 0. The largest absolute Gasteiger partial charge is 0.351 e. The highest BCUT2D eigenvalue weighted by molar-refractivity contribution is 7.89. The van der Waals surface area contributed by atoms with Crippen LogP contribution < -0.4 is 10.6 Å². The Hall–Kier alpha value is -1.44. The quantitative estimate of drug-likeness (QED) is 0.836. The Morgan fingerprint density at radius 1 is 1.12 bits per heavy atom. The second-order valence-electron chi connectivity index (χ2n) is 6.48. The van der Waals surface area contributed by atoms with Gasteiger partial charge in [0, 0.05) is 19.6 Å². The van der Waals surface area contributed by atoms with Gasteiger partial charge in [0.05, 0.1) is 10.9 Å². The van der Waals surface area contributed by atoms with Crippen LogP contribution in [0.2, 0.25) is 0 Å². The molecule has 2 saturated heterocycles. The molecule has 0 aromatic heterocycles. The number of amides is 1. The molecule has 0 saturated carbocycles. The number of nitrogens with one attached hydrogen (secondary N) is 2. The molecule has 1 aromatic rings. The van der Waals surface area contributed by atoms with E-state index in [4.69, 9.17) is 0 Å². The Kier molecular flexibility index (Phi) is 5.53. The van der Waals surface area contributed by atoms with Gasteiger partial charge in [0.15, 0.2) is 0 Å². The highest BCUT2D eigenvalue weighted by Crippen LogP contribution is 2.21. The van der Waals surface area contributed by atoms with Crippen LogP contribution in [-0.2, 0) is 21.4 Å². The summed E-state index contributed by atoms with van der Waals surface area (Å²) in [5.74, 6) is 0.0171. The first-order valence-electron chi connectivity index (χ1n) is 8.67. The second-order valence-corrected chi connectivity index (χ2v) is 8.41. The van der Waals surface area contributed by atoms with Gasteiger partial charge in [-0.25, -0.2) is 8.42 Å². The van der Waals surface area contributed by atoms with E-state index in [-0.39, 0.29) is 11.9 Å². The normalized spacial score (nSPS) is 22.4. The van der Waals surface area contributed by atoms with Gasteiger partial charge in [0.1, 0.15) is 0 Å². The summed E-state index contributed by atoms with van der Waals surface area (Å²) in [6, 6.07) is 6.71. The first kappa shape index (κ1) is 17.4. The molecule has 24 heavy (non-hydrogen) atoms. The minimum absolute atomic E-state index is 0.0171. The Labute approximate surface area is 143 Å². The molecular weight excluding hydrogens is 326 g/mol. The van der Waals surface area contributed by atoms with Gasteiger partial charge < -0.3 is 10.6 Å². The van der Waals surface area contributed by atoms with Crippen LogP contribution in [0.25, 0.3) is 0 Å². The fourth-order valence-corrected chi connectivity index (χ4v) is 4.76. The fourth-order valence-electron chi connectivity index (χ4n) is 3.24. The van der Waals surface area contributed by atoms with Crippen LogP contribution in [0.5, 0.6) is 0 Å². The predicted octanol–water partition coefficient (Wildman–Crippen LogP) is 1.23. The maximum Gasteiger partial charge on any atom is 0.243 e. The number of nitrogens with zero attached hydrogens (tertiary/aromatic N) is 1. The molecule has 1 unspecified atom stereocenters. The lowest BCUT2D eigenvalue weighted by molar-refractivity contribution is -0.123. The van der Waals surface area contributed by atoms with Crippen LogP contribution in [0, 0.1) is 0 Å². The molecule has 2 aliphatic heterocycles. The van der Waals surface area contributed by atoms with Crippen molar-refractivity contribution in [2.24, 2.45) is 0 Å². The van der Waals surface area contributed by atoms with Crippen LogP contribution >= 0.6 is 0 Å². The molecule has 2 aliphatic rings. The molecule has 6 nitrogen and oxygen atoms in total. The Bertz CT molecular complexity index is 661. The summed E-state index contributed by atoms with van der Waals surface area (Å²) < 4.78 is 26.5. The van der Waals surface area contributed by atoms with Gasteiger partial charge in [-0.3, -0.25) is 4.79 Å². The molecule has 7 heteroatoms. The summed E-state index contributed by atoms with van der Waals surface area (Å²) in [6.45, 7) is 2.52. The number of sulfonamides is 1. The lowest BCUT2D eigenvalue weighted by Crippen LogP contribution is -2.46. The van der Waals surface area contributed by atoms with Crippen molar-refractivity contribution in [2.75, 3.05) is 19.6 Å². The van der Waals surface area contributed by atoms with E-state index in [1.807, 2.05) is 0 Å². The maximum atomic E-state index is 12.5. The number of piperidine rings is 1. The van der Waals surface area contributed by atoms with Crippen LogP contribution in [0.4, 0.5) is 0 Å². The smallest absolute Gasteiger partial charge is 0.243 e. The van der Waals surface area contributed by atoms with Crippen molar-refractivity contribution in [2.45, 2.75) is 49.6 Å². The molecule has 0 spiro atoms. The Balaban J connectivity index is 1.57. The van der Waals surface area contributed by atoms with Crippen molar-refractivity contribution in [3.63, 3.8) is 0 Å². The van der Waals surface area contributed by atoms with Gasteiger partial charge in [0.2, 0.25) is 15.9 Å². The molecule has 2 heterocycles. The van der Waals surface area contributed by atoms with Gasteiger partial charge in [-0.05, 0) is 49.9 Å². The Morgan fingerprint density at radius 2 is 1.83 bits per heavy atom. The number of hydrogen-bond acceptors (Lipinski definition) is 4. The summed E-state index contributed by atoms with van der Waals surface area (Å²) in [5.41, 5.74) is 0.902. The summed E-state index contributed by atoms with van der Waals surface area (Å²) in [7, 11) is -3.37. The van der Waals surface area contributed by atoms with E-state index >= 15 is 0 Å². The zero-order valence-electron chi connectivity index (χ0n) is 13.8. The molecule has 0 aliphatic carbocycles. The highest BCUT2D eigenvalue weighted by atomic mass is 32.2. The summed E-state index contributed by atoms with van der Waals surface area (Å²) in [5, 5.41) is 6.14. The summed E-state index contributed by atoms with van der Waals surface area (Å²) in [6.07, 6.45) is 4.93. The number of rotatable bonds is 5. The minimum Gasteiger partial charge on any atom is -0.351 e. The number of benzene rings is 1. The molecule has 1 aromatic carbocycles. The van der Waals surface area contributed by atoms with Crippen LogP contribution in [0.1, 0.15) is 37.7 Å². The Morgan fingerprint density at radius 3 is 2.46 bits per heavy atom. The lowest BCUT2D eigenvalue weighted by atomic mass is 10.0. The van der Waals surface area contributed by atoms with E-state index in [1.54, 1.807) is 28.6 Å². The second kappa shape index (κ2) is 7.63. The molecule has 132 valence electrons. The van der Waals surface area contributed by atoms with Crippen molar-refractivity contribution < 1.29 is 13.2 Å². The molecule has 2 fully saturated rings. The molecule has 1 amide bonds. The zero-order chi connectivity index (χ0) is 17.0. The topological polar surface area (TPSA) is 78.5 Å². The SMILES string of the molecule is O=C(NCc1ccc(S(=O)(=O)N2CCCC2)cc1)C1CCCCN1. The third kappa shape index (κ3) is 3.96. The van der Waals surface area contributed by atoms with Gasteiger partial charge >= 0.3 is 0 Å². The number of hydrogen-bond donors (Lipinski definition) is 2. The van der Waals surface area contributed by atoms with E-state index in [0.29, 0.717) is 24.5 Å². The van der Waals surface area contributed by atoms with Crippen molar-refractivity contribution in [1.29, 1.82) is 0 Å². The van der Waals surface area contributed by atoms with Gasteiger partial charge in [-0.2, -0.15) is 4.31 Å². The monoisotopic (exact) mass is 351 g/mol. The fraction of sp³-hybridized carbons (Fsp3) is 0.588. The molecular formula is C17H25N3O3S. The zero-order valence-corrected chi connectivity index (χ0v) is 14.6. The van der Waals surface area contributed by atoms with E-state index < -0.39 is 10.0 Å². The predicted molar refractivity (Wildman–Crippen MR) is 91.9 cm³/mol. The molecule has 2 N–H and O–H groups in total. The molecule has 0 radical (unpaired) electrons. The standard InChI is InChI=1S/C17H25N3O3S/c21-17(16-5-1-2-10-18-16)19-13-14-6-8-15(9-7-14)24(22,23)20-11-3-4-12-20/h6-9,16,18H,1-5,10-13H2,(H,19,21). The van der Waals surface area contributed by atoms with E-state index in [1.165, 1.54) is 0 Å². The van der Waals surface area contributed by atoms with Gasteiger partial charge in [0.25, 0.3) is 0 Å². The highest BCUT2D eigenvalue weighted by Gasteiger charge is 2.27. The van der Waals surface area contributed by atoms with Crippen LogP contribution in [-0.4, -0.2) is 44.3 Å². The van der Waals surface area contributed by atoms with E-state index in [2.05, 4.69) is 10.6 Å². The van der Waals surface area contributed by atoms with Crippen molar-refractivity contribution in [1.82, 2.24) is 14.9 Å². The lowest BCUT2D eigenvalue weighted by Gasteiger charge is -2.22. The average Bonchev–Trinajstić information content (AvgIpc) is 3.16. The van der Waals surface area contributed by atoms with Gasteiger partial charge in [-0.15, -0.1) is 0 Å². The first-order chi connectivity index (χ1) is 11.6. The number of carbonyl (C=O) groups is 1. The molecule has 0 bridgehead atoms. The van der Waals surface area contributed by atoms with Crippen molar-refractivity contribution >= 4 is 15.9 Å². The number of carbonyl (C=O) groups excluding carboxylic acids is 1. The third-order valence-corrected chi connectivity index (χ3v) is 6.63. The van der Waals surface area contributed by atoms with Crippen LogP contribution in [0.3, 0.4) is 0 Å². The summed E-state index contributed by atoms with van der Waals surface area (Å²) in [4.78, 5) is 12.4. The van der Waals surface area contributed by atoms with Crippen molar-refractivity contribution in [3.8, 4) is 0 Å². The van der Waals surface area contributed by atoms with Gasteiger partial charge in [-0.1, -0.05) is 18.6 Å². The van der Waals surface area contributed by atoms with Crippen LogP contribution in [0.15, 0.2) is 29.2 Å². The molecule has 3 rings (SSSR count). The van der Waals surface area contributed by atoms with E-state index in [0.717, 1.165) is 44.2 Å². The maximum absolute atomic E-state index is 12.5. The first-order valence-corrected chi connectivity index (χ1v) is 10.1.